The molecule has 1 aliphatic rings. The Balaban J connectivity index is 2.14. The molecule has 0 spiro atoms. The zero-order chi connectivity index (χ0) is 11.1. The molecule has 1 aromatic rings. The Hall–Kier alpha value is -0.480. The van der Waals surface area contributed by atoms with Gasteiger partial charge < -0.3 is 10.4 Å². The van der Waals surface area contributed by atoms with Crippen molar-refractivity contribution in [2.24, 2.45) is 5.92 Å². The van der Waals surface area contributed by atoms with Gasteiger partial charge in [0.25, 0.3) is 0 Å². The molecule has 1 aromatic carbocycles. The lowest BCUT2D eigenvalue weighted by atomic mass is 10.1. The van der Waals surface area contributed by atoms with Gasteiger partial charge in [0.15, 0.2) is 0 Å². The SMILES string of the molecule is [O-]N(O)c1ccccc1C[C@@H]1CC1(Cl)Cl. The van der Waals surface area contributed by atoms with Crippen LogP contribution in [0.2, 0.25) is 0 Å². The maximum Gasteiger partial charge on any atom is 0.121 e. The number of hydrogen-bond acceptors (Lipinski definition) is 3. The molecule has 0 radical (unpaired) electrons. The van der Waals surface area contributed by atoms with Crippen LogP contribution in [-0.2, 0) is 6.42 Å². The Kier molecular flexibility index (Phi) is 2.81. The first-order valence-electron chi connectivity index (χ1n) is 4.62. The lowest BCUT2D eigenvalue weighted by Crippen LogP contribution is -2.10. The van der Waals surface area contributed by atoms with Crippen molar-refractivity contribution in [2.45, 2.75) is 17.2 Å². The highest BCUT2D eigenvalue weighted by Crippen LogP contribution is 2.55. The minimum absolute atomic E-state index is 0.123. The number of anilines is 1. The van der Waals surface area contributed by atoms with E-state index in [2.05, 4.69) is 0 Å². The summed E-state index contributed by atoms with van der Waals surface area (Å²) in [5, 5.41) is 19.6. The number of benzene rings is 1. The number of nitrogens with zero attached hydrogens (tertiary/aromatic N) is 1. The topological polar surface area (TPSA) is 46.5 Å². The average molecular weight is 247 g/mol. The van der Waals surface area contributed by atoms with Crippen molar-refractivity contribution in [3.63, 3.8) is 0 Å². The molecule has 0 heterocycles. The summed E-state index contributed by atoms with van der Waals surface area (Å²) in [6.07, 6.45) is 1.34. The fourth-order valence-corrected chi connectivity index (χ4v) is 2.15. The summed E-state index contributed by atoms with van der Waals surface area (Å²) in [5.41, 5.74) is 1.02. The van der Waals surface area contributed by atoms with Crippen molar-refractivity contribution in [3.05, 3.63) is 35.0 Å². The summed E-state index contributed by atoms with van der Waals surface area (Å²) >= 11 is 11.8. The van der Waals surface area contributed by atoms with E-state index in [1.54, 1.807) is 18.2 Å². The third-order valence-electron chi connectivity index (χ3n) is 2.62. The van der Waals surface area contributed by atoms with E-state index in [-0.39, 0.29) is 16.8 Å². The number of rotatable bonds is 3. The van der Waals surface area contributed by atoms with Crippen LogP contribution in [0.25, 0.3) is 0 Å². The summed E-state index contributed by atoms with van der Waals surface area (Å²) < 4.78 is -0.656. The van der Waals surface area contributed by atoms with Gasteiger partial charge in [0, 0.05) is 0 Å². The van der Waals surface area contributed by atoms with Gasteiger partial charge in [0.1, 0.15) is 4.33 Å². The third-order valence-corrected chi connectivity index (χ3v) is 3.55. The van der Waals surface area contributed by atoms with Gasteiger partial charge in [0.05, 0.1) is 5.69 Å². The van der Waals surface area contributed by atoms with Crippen LogP contribution in [0.4, 0.5) is 5.69 Å². The molecule has 0 unspecified atom stereocenters. The highest BCUT2D eigenvalue weighted by atomic mass is 35.5. The van der Waals surface area contributed by atoms with Crippen LogP contribution in [0.15, 0.2) is 24.3 Å². The smallest absolute Gasteiger partial charge is 0.121 e. The van der Waals surface area contributed by atoms with Gasteiger partial charge in [0.2, 0.25) is 0 Å². The molecule has 82 valence electrons. The van der Waals surface area contributed by atoms with Crippen LogP contribution in [0.3, 0.4) is 0 Å². The van der Waals surface area contributed by atoms with E-state index in [9.17, 15) is 5.21 Å². The Morgan fingerprint density at radius 3 is 2.60 bits per heavy atom. The Labute approximate surface area is 97.7 Å². The lowest BCUT2D eigenvalue weighted by molar-refractivity contribution is 0.295. The number of alkyl halides is 2. The molecular weight excluding hydrogens is 237 g/mol. The molecule has 1 aliphatic carbocycles. The maximum atomic E-state index is 10.8. The standard InChI is InChI=1S/C10H10Cl2NO2/c11-10(12)6-8(10)5-7-3-1-2-4-9(7)13(14)15/h1-4,8,14H,5-6H2/q-1/t8-/m1/s1. The van der Waals surface area contributed by atoms with Crippen molar-refractivity contribution >= 4 is 28.9 Å². The van der Waals surface area contributed by atoms with Gasteiger partial charge in [-0.3, -0.25) is 5.21 Å². The van der Waals surface area contributed by atoms with Crippen molar-refractivity contribution in [1.29, 1.82) is 0 Å². The predicted octanol–water partition coefficient (Wildman–Crippen LogP) is 3.12. The monoisotopic (exact) mass is 246 g/mol. The summed E-state index contributed by atoms with van der Waals surface area (Å²) in [5.74, 6) is 0.168. The van der Waals surface area contributed by atoms with Crippen LogP contribution in [0, 0.1) is 11.1 Å². The van der Waals surface area contributed by atoms with Crippen molar-refractivity contribution in [3.8, 4) is 0 Å². The Morgan fingerprint density at radius 1 is 1.47 bits per heavy atom. The molecule has 0 bridgehead atoms. The van der Waals surface area contributed by atoms with Crippen molar-refractivity contribution in [2.75, 3.05) is 5.23 Å². The average Bonchev–Trinajstić information content (AvgIpc) is 2.74. The summed E-state index contributed by atoms with van der Waals surface area (Å²) in [6.45, 7) is 0. The highest BCUT2D eigenvalue weighted by molar-refractivity contribution is 6.50. The first kappa shape index (κ1) is 11.0. The normalized spacial score (nSPS) is 22.5. The van der Waals surface area contributed by atoms with E-state index in [4.69, 9.17) is 28.4 Å². The number of para-hydroxylation sites is 1. The molecule has 3 nitrogen and oxygen atoms in total. The molecule has 0 amide bonds. The molecule has 1 atom stereocenters. The second-order valence-electron chi connectivity index (χ2n) is 3.77. The first-order chi connectivity index (χ1) is 7.00. The van der Waals surface area contributed by atoms with E-state index in [1.165, 1.54) is 0 Å². The van der Waals surface area contributed by atoms with E-state index in [0.29, 0.717) is 6.42 Å². The van der Waals surface area contributed by atoms with E-state index < -0.39 is 4.33 Å². The molecule has 5 heteroatoms. The molecule has 0 aromatic heterocycles. The zero-order valence-corrected chi connectivity index (χ0v) is 9.37. The molecule has 15 heavy (non-hydrogen) atoms. The van der Waals surface area contributed by atoms with Gasteiger partial charge in [-0.1, -0.05) is 18.2 Å². The molecule has 2 rings (SSSR count). The largest absolute Gasteiger partial charge is 0.733 e. The Bertz CT molecular complexity index is 368. The van der Waals surface area contributed by atoms with Crippen LogP contribution in [0.5, 0.6) is 0 Å². The highest BCUT2D eigenvalue weighted by Gasteiger charge is 2.51. The van der Waals surface area contributed by atoms with Gasteiger partial charge >= 0.3 is 0 Å². The fraction of sp³-hybridized carbons (Fsp3) is 0.400. The second kappa shape index (κ2) is 3.83. The molecule has 1 fully saturated rings. The number of hydrogen-bond donors (Lipinski definition) is 1. The molecule has 0 saturated heterocycles. The van der Waals surface area contributed by atoms with Gasteiger partial charge in [-0.15, -0.1) is 23.2 Å². The maximum absolute atomic E-state index is 10.8. The summed E-state index contributed by atoms with van der Waals surface area (Å²) in [7, 11) is 0. The number of halogens is 2. The third kappa shape index (κ3) is 2.37. The second-order valence-corrected chi connectivity index (χ2v) is 5.31. The van der Waals surface area contributed by atoms with Crippen molar-refractivity contribution in [1.82, 2.24) is 0 Å². The van der Waals surface area contributed by atoms with Crippen LogP contribution < -0.4 is 5.23 Å². The first-order valence-corrected chi connectivity index (χ1v) is 5.38. The predicted molar refractivity (Wildman–Crippen MR) is 60.3 cm³/mol. The Morgan fingerprint density at radius 2 is 2.07 bits per heavy atom. The molecule has 0 aliphatic heterocycles. The molecule has 1 saturated carbocycles. The molecular formula is C10H10Cl2NO2-. The van der Waals surface area contributed by atoms with Crippen LogP contribution in [0.1, 0.15) is 12.0 Å². The fourth-order valence-electron chi connectivity index (χ4n) is 1.63. The minimum atomic E-state index is -0.656. The van der Waals surface area contributed by atoms with Crippen LogP contribution >= 0.6 is 23.2 Å². The van der Waals surface area contributed by atoms with Crippen molar-refractivity contribution < 1.29 is 5.21 Å². The van der Waals surface area contributed by atoms with E-state index >= 15 is 0 Å². The lowest BCUT2D eigenvalue weighted by Gasteiger charge is -2.24. The van der Waals surface area contributed by atoms with Gasteiger partial charge in [-0.2, -0.15) is 0 Å². The molecule has 1 N–H and O–H groups in total. The zero-order valence-electron chi connectivity index (χ0n) is 7.86. The minimum Gasteiger partial charge on any atom is -0.733 e. The van der Waals surface area contributed by atoms with Gasteiger partial charge in [-0.05, 0) is 30.4 Å². The summed E-state index contributed by atoms with van der Waals surface area (Å²) in [6, 6.07) is 6.86. The quantitative estimate of drug-likeness (QED) is 0.659. The summed E-state index contributed by atoms with van der Waals surface area (Å²) in [4.78, 5) is 0. The van der Waals surface area contributed by atoms with E-state index in [0.717, 1.165) is 12.0 Å². The van der Waals surface area contributed by atoms with Gasteiger partial charge in [-0.25, -0.2) is 0 Å². The van der Waals surface area contributed by atoms with E-state index in [1.807, 2.05) is 6.07 Å². The van der Waals surface area contributed by atoms with Crippen LogP contribution in [-0.4, -0.2) is 9.54 Å².